The Balaban J connectivity index is 1.36. The van der Waals surface area contributed by atoms with E-state index in [-0.39, 0.29) is 17.9 Å². The third-order valence-electron chi connectivity index (χ3n) is 6.29. The molecule has 0 amide bonds. The van der Waals surface area contributed by atoms with Crippen LogP contribution in [0.2, 0.25) is 0 Å². The SMILES string of the molecule is Cc1cc2c(N)nccc2c(C)c1CN/C(N)=C/C(=C\N)OCc1ccc(Oc2cccn(C)c2=O)cc1. The molecule has 9 nitrogen and oxygen atoms in total. The number of ether oxygens (including phenoxy) is 2. The average molecular weight is 513 g/mol. The van der Waals surface area contributed by atoms with E-state index in [0.29, 0.717) is 29.7 Å². The summed E-state index contributed by atoms with van der Waals surface area (Å²) in [5.74, 6) is 2.18. The van der Waals surface area contributed by atoms with Crippen LogP contribution in [0.4, 0.5) is 5.82 Å². The fourth-order valence-electron chi connectivity index (χ4n) is 4.13. The number of benzene rings is 2. The number of rotatable bonds is 9. The molecule has 4 rings (SSSR count). The second-order valence-corrected chi connectivity index (χ2v) is 8.93. The zero-order valence-electron chi connectivity index (χ0n) is 21.7. The highest BCUT2D eigenvalue weighted by atomic mass is 16.5. The Bertz CT molecular complexity index is 1570. The summed E-state index contributed by atoms with van der Waals surface area (Å²) >= 11 is 0. The van der Waals surface area contributed by atoms with Crippen molar-refractivity contribution in [3.8, 4) is 11.5 Å². The Morgan fingerprint density at radius 3 is 2.63 bits per heavy atom. The van der Waals surface area contributed by atoms with Crippen LogP contribution in [0.5, 0.6) is 11.5 Å². The van der Waals surface area contributed by atoms with Crippen molar-refractivity contribution in [2.45, 2.75) is 27.0 Å². The maximum atomic E-state index is 12.1. The number of aromatic nitrogens is 2. The molecule has 9 heteroatoms. The Morgan fingerprint density at radius 1 is 1.13 bits per heavy atom. The Morgan fingerprint density at radius 2 is 1.89 bits per heavy atom. The zero-order chi connectivity index (χ0) is 27.2. The van der Waals surface area contributed by atoms with Crippen molar-refractivity contribution < 1.29 is 9.47 Å². The topological polar surface area (TPSA) is 143 Å². The van der Waals surface area contributed by atoms with Crippen molar-refractivity contribution in [3.63, 3.8) is 0 Å². The summed E-state index contributed by atoms with van der Waals surface area (Å²) in [5, 5.41) is 5.24. The Hall–Kier alpha value is -4.92. The van der Waals surface area contributed by atoms with Gasteiger partial charge in [-0.2, -0.15) is 0 Å². The van der Waals surface area contributed by atoms with E-state index in [1.54, 1.807) is 49.8 Å². The summed E-state index contributed by atoms with van der Waals surface area (Å²) in [6, 6.07) is 14.7. The van der Waals surface area contributed by atoms with E-state index in [1.165, 1.54) is 10.8 Å². The predicted molar refractivity (Wildman–Crippen MR) is 150 cm³/mol. The van der Waals surface area contributed by atoms with Gasteiger partial charge in [-0.3, -0.25) is 4.79 Å². The lowest BCUT2D eigenvalue weighted by molar-refractivity contribution is 0.209. The summed E-state index contributed by atoms with van der Waals surface area (Å²) < 4.78 is 13.0. The van der Waals surface area contributed by atoms with E-state index in [9.17, 15) is 4.79 Å². The second kappa shape index (κ2) is 11.4. The predicted octanol–water partition coefficient (Wildman–Crippen LogP) is 3.83. The van der Waals surface area contributed by atoms with Crippen molar-refractivity contribution >= 4 is 16.6 Å². The van der Waals surface area contributed by atoms with Crippen molar-refractivity contribution in [2.24, 2.45) is 18.5 Å². The van der Waals surface area contributed by atoms with Gasteiger partial charge in [-0.1, -0.05) is 12.1 Å². The van der Waals surface area contributed by atoms with Gasteiger partial charge in [0.1, 0.15) is 29.8 Å². The van der Waals surface area contributed by atoms with E-state index in [0.717, 1.165) is 33.0 Å². The van der Waals surface area contributed by atoms with Gasteiger partial charge in [0, 0.05) is 43.6 Å². The molecular formula is C29H32N6O3. The van der Waals surface area contributed by atoms with Gasteiger partial charge < -0.3 is 36.6 Å². The highest BCUT2D eigenvalue weighted by Gasteiger charge is 2.10. The number of nitrogens with zero attached hydrogens (tertiary/aromatic N) is 2. The van der Waals surface area contributed by atoms with Crippen molar-refractivity contribution in [1.29, 1.82) is 0 Å². The molecule has 0 spiro atoms. The van der Waals surface area contributed by atoms with E-state index < -0.39 is 0 Å². The summed E-state index contributed by atoms with van der Waals surface area (Å²) in [5.41, 5.74) is 22.1. The van der Waals surface area contributed by atoms with Gasteiger partial charge in [-0.25, -0.2) is 4.98 Å². The van der Waals surface area contributed by atoms with Gasteiger partial charge >= 0.3 is 0 Å². The third kappa shape index (κ3) is 5.89. The fraction of sp³-hybridized carbons (Fsp3) is 0.172. The maximum Gasteiger partial charge on any atom is 0.293 e. The van der Waals surface area contributed by atoms with E-state index >= 15 is 0 Å². The molecule has 4 aromatic rings. The molecule has 38 heavy (non-hydrogen) atoms. The molecule has 2 heterocycles. The lowest BCUT2D eigenvalue weighted by Gasteiger charge is -2.16. The van der Waals surface area contributed by atoms with Crippen LogP contribution in [-0.2, 0) is 24.9 Å². The molecule has 7 N–H and O–H groups in total. The van der Waals surface area contributed by atoms with Gasteiger partial charge in [-0.15, -0.1) is 0 Å². The van der Waals surface area contributed by atoms with E-state index in [4.69, 9.17) is 26.7 Å². The Kier molecular flexibility index (Phi) is 7.86. The maximum absolute atomic E-state index is 12.1. The van der Waals surface area contributed by atoms with Gasteiger partial charge in [0.15, 0.2) is 5.75 Å². The molecule has 0 aliphatic rings. The number of allylic oxidation sites excluding steroid dienone is 1. The molecular weight excluding hydrogens is 480 g/mol. The first-order chi connectivity index (χ1) is 18.3. The summed E-state index contributed by atoms with van der Waals surface area (Å²) in [4.78, 5) is 16.3. The molecule has 2 aromatic heterocycles. The van der Waals surface area contributed by atoms with Crippen LogP contribution in [0, 0.1) is 13.8 Å². The van der Waals surface area contributed by atoms with Crippen LogP contribution in [0.3, 0.4) is 0 Å². The minimum atomic E-state index is -0.205. The molecule has 0 radical (unpaired) electrons. The molecule has 0 atom stereocenters. The number of nitrogens with one attached hydrogen (secondary N) is 1. The number of fused-ring (bicyclic) bond motifs is 1. The average Bonchev–Trinajstić information content (AvgIpc) is 2.90. The van der Waals surface area contributed by atoms with Crippen LogP contribution < -0.4 is 32.8 Å². The quantitative estimate of drug-likeness (QED) is 0.196. The summed E-state index contributed by atoms with van der Waals surface area (Å²) in [7, 11) is 1.68. The largest absolute Gasteiger partial charge is 0.487 e. The first kappa shape index (κ1) is 26.2. The van der Waals surface area contributed by atoms with Crippen molar-refractivity contribution in [1.82, 2.24) is 14.9 Å². The van der Waals surface area contributed by atoms with Crippen molar-refractivity contribution in [3.05, 3.63) is 117 Å². The number of hydrogen-bond acceptors (Lipinski definition) is 8. The number of hydrogen-bond donors (Lipinski definition) is 4. The first-order valence-corrected chi connectivity index (χ1v) is 12.1. The van der Waals surface area contributed by atoms with Crippen LogP contribution in [0.1, 0.15) is 22.3 Å². The highest BCUT2D eigenvalue weighted by molar-refractivity contribution is 5.94. The number of pyridine rings is 2. The Labute approximate surface area is 221 Å². The first-order valence-electron chi connectivity index (χ1n) is 12.1. The van der Waals surface area contributed by atoms with Gasteiger partial charge in [0.2, 0.25) is 0 Å². The highest BCUT2D eigenvalue weighted by Crippen LogP contribution is 2.28. The molecule has 0 saturated carbocycles. The minimum Gasteiger partial charge on any atom is -0.487 e. The molecule has 0 aliphatic carbocycles. The standard InChI is InChI=1S/C29H32N6O3/c1-18-13-24-23(10-11-33-28(24)32)19(2)25(18)16-34-27(31)14-22(15-30)37-17-20-6-8-21(9-7-20)38-26-5-4-12-35(3)29(26)36/h4-15,34H,16-17,30-31H2,1-3H3,(H2,32,33)/b22-15+,27-14+. The smallest absolute Gasteiger partial charge is 0.293 e. The molecule has 0 fully saturated rings. The third-order valence-corrected chi connectivity index (χ3v) is 6.29. The monoisotopic (exact) mass is 512 g/mol. The number of nitrogen functional groups attached to an aromatic ring is 1. The van der Waals surface area contributed by atoms with E-state index in [1.807, 2.05) is 31.2 Å². The summed E-state index contributed by atoms with van der Waals surface area (Å²) in [6.07, 6.45) is 6.40. The molecule has 0 unspecified atom stereocenters. The molecule has 196 valence electrons. The van der Waals surface area contributed by atoms with Crippen LogP contribution >= 0.6 is 0 Å². The van der Waals surface area contributed by atoms with Crippen LogP contribution in [0.15, 0.2) is 89.6 Å². The molecule has 0 aliphatic heterocycles. The zero-order valence-corrected chi connectivity index (χ0v) is 21.7. The summed E-state index contributed by atoms with van der Waals surface area (Å²) in [6.45, 7) is 4.91. The molecule has 2 aromatic carbocycles. The molecule has 0 bridgehead atoms. The van der Waals surface area contributed by atoms with E-state index in [2.05, 4.69) is 17.2 Å². The number of nitrogens with two attached hydrogens (primary N) is 3. The normalized spacial score (nSPS) is 12.0. The van der Waals surface area contributed by atoms with Gasteiger partial charge in [-0.05, 0) is 77.9 Å². The minimum absolute atomic E-state index is 0.205. The fourth-order valence-corrected chi connectivity index (χ4v) is 4.13. The lowest BCUT2D eigenvalue weighted by atomic mass is 9.96. The van der Waals surface area contributed by atoms with Gasteiger partial charge in [0.25, 0.3) is 5.56 Å². The second-order valence-electron chi connectivity index (χ2n) is 8.93. The lowest BCUT2D eigenvalue weighted by Crippen LogP contribution is -2.21. The number of aryl methyl sites for hydroxylation is 3. The molecule has 0 saturated heterocycles. The van der Waals surface area contributed by atoms with Crippen molar-refractivity contribution in [2.75, 3.05) is 5.73 Å². The van der Waals surface area contributed by atoms with Gasteiger partial charge in [0.05, 0.1) is 0 Å². The number of anilines is 1. The van der Waals surface area contributed by atoms with Crippen LogP contribution in [-0.4, -0.2) is 9.55 Å². The van der Waals surface area contributed by atoms with Crippen LogP contribution in [0.25, 0.3) is 10.8 Å².